The Morgan fingerprint density at radius 2 is 0.932 bits per heavy atom. The average Bonchev–Trinajstić information content (AvgIpc) is 2.91. The van der Waals surface area contributed by atoms with Crippen molar-refractivity contribution < 1.29 is 58.6 Å². The SMILES string of the molecule is C[NH2+]CC(=O)Oc1ccc(CC(C)C(C)Cc2ccc(OC(=O)C[NH+](C)C)c(OC(=O)C[NH+](C)C)c2)cc1OC(=O)C[NH2+]C. The van der Waals surface area contributed by atoms with Crippen LogP contribution >= 0.6 is 0 Å². The fourth-order valence-electron chi connectivity index (χ4n) is 4.39. The van der Waals surface area contributed by atoms with E-state index in [2.05, 4.69) is 13.8 Å². The zero-order chi connectivity index (χ0) is 32.8. The van der Waals surface area contributed by atoms with Crippen molar-refractivity contribution in [2.45, 2.75) is 26.7 Å². The molecule has 44 heavy (non-hydrogen) atoms. The minimum absolute atomic E-state index is 0.135. The van der Waals surface area contributed by atoms with E-state index < -0.39 is 23.9 Å². The number of rotatable bonds is 17. The van der Waals surface area contributed by atoms with Crippen LogP contribution in [-0.4, -0.2) is 92.3 Å². The Hall–Kier alpha value is -3.84. The molecule has 0 radical (unpaired) electrons. The van der Waals surface area contributed by atoms with E-state index in [1.54, 1.807) is 49.0 Å². The first-order valence-corrected chi connectivity index (χ1v) is 15.0. The maximum absolute atomic E-state index is 12.5. The molecule has 2 unspecified atom stereocenters. The molecule has 12 heteroatoms. The van der Waals surface area contributed by atoms with Gasteiger partial charge in [-0.2, -0.15) is 0 Å². The van der Waals surface area contributed by atoms with Gasteiger partial charge in [-0.3, -0.25) is 0 Å². The topological polar surface area (TPSA) is 147 Å². The van der Waals surface area contributed by atoms with Crippen molar-refractivity contribution in [3.05, 3.63) is 47.5 Å². The standard InChI is InChI=1S/C32H46N4O8/c1-21(13-23-9-11-25(41-29(37)17-33-3)27(15-23)43-30(38)18-34-4)22(2)14-24-10-12-26(42-31(39)19-35(5)6)28(16-24)44-32(40)20-36(7)8/h9-12,15-16,21-22,33-34H,13-14,17-20H2,1-8H3/p+4. The molecular weight excluding hydrogens is 568 g/mol. The van der Waals surface area contributed by atoms with Gasteiger partial charge in [-0.05, 0) is 60.1 Å². The number of nitrogens with two attached hydrogens (primary N) is 2. The van der Waals surface area contributed by atoms with Crippen LogP contribution in [0.3, 0.4) is 0 Å². The number of carbonyl (C=O) groups is 4. The maximum atomic E-state index is 12.5. The maximum Gasteiger partial charge on any atom is 0.367 e. The van der Waals surface area contributed by atoms with Crippen LogP contribution in [-0.2, 0) is 32.0 Å². The van der Waals surface area contributed by atoms with Crippen molar-refractivity contribution in [2.75, 3.05) is 68.5 Å². The van der Waals surface area contributed by atoms with Crippen molar-refractivity contribution in [3.8, 4) is 23.0 Å². The van der Waals surface area contributed by atoms with E-state index in [0.717, 1.165) is 20.9 Å². The molecule has 0 aliphatic rings. The highest BCUT2D eigenvalue weighted by Gasteiger charge is 2.21. The lowest BCUT2D eigenvalue weighted by atomic mass is 9.85. The Labute approximate surface area is 260 Å². The normalized spacial score (nSPS) is 12.5. The van der Waals surface area contributed by atoms with Crippen LogP contribution in [0.15, 0.2) is 36.4 Å². The van der Waals surface area contributed by atoms with Gasteiger partial charge in [-0.1, -0.05) is 26.0 Å². The molecule has 0 fully saturated rings. The smallest absolute Gasteiger partial charge is 0.367 e. The van der Waals surface area contributed by atoms with E-state index in [1.165, 1.54) is 0 Å². The molecule has 0 amide bonds. The zero-order valence-electron chi connectivity index (χ0n) is 27.3. The lowest BCUT2D eigenvalue weighted by molar-refractivity contribution is -0.850. The number of benzene rings is 2. The molecule has 2 aromatic rings. The molecule has 242 valence electrons. The minimum atomic E-state index is -0.439. The summed E-state index contributed by atoms with van der Waals surface area (Å²) in [7, 11) is 10.9. The Bertz CT molecular complexity index is 1280. The highest BCUT2D eigenvalue weighted by atomic mass is 16.6. The van der Waals surface area contributed by atoms with Crippen LogP contribution in [0.2, 0.25) is 0 Å². The number of hydrogen-bond donors (Lipinski definition) is 4. The second-order valence-electron chi connectivity index (χ2n) is 11.8. The summed E-state index contributed by atoms with van der Waals surface area (Å²) in [6, 6.07) is 10.6. The van der Waals surface area contributed by atoms with Crippen molar-refractivity contribution in [3.63, 3.8) is 0 Å². The molecule has 12 nitrogen and oxygen atoms in total. The molecule has 0 saturated carbocycles. The molecule has 0 bridgehead atoms. The zero-order valence-corrected chi connectivity index (χ0v) is 27.3. The van der Waals surface area contributed by atoms with Crippen molar-refractivity contribution >= 4 is 23.9 Å². The van der Waals surface area contributed by atoms with Crippen LogP contribution in [0.5, 0.6) is 23.0 Å². The Morgan fingerprint density at radius 1 is 0.591 bits per heavy atom. The van der Waals surface area contributed by atoms with Crippen LogP contribution in [0.4, 0.5) is 0 Å². The summed E-state index contributed by atoms with van der Waals surface area (Å²) >= 11 is 0. The summed E-state index contributed by atoms with van der Waals surface area (Å²) in [5.74, 6) is -0.460. The van der Waals surface area contributed by atoms with Gasteiger partial charge in [0.15, 0.2) is 49.2 Å². The van der Waals surface area contributed by atoms with Gasteiger partial charge in [0.05, 0.1) is 42.3 Å². The fourth-order valence-corrected chi connectivity index (χ4v) is 4.39. The molecule has 0 aromatic heterocycles. The van der Waals surface area contributed by atoms with E-state index in [-0.39, 0.29) is 61.0 Å². The predicted octanol–water partition coefficient (Wildman–Crippen LogP) is -2.96. The van der Waals surface area contributed by atoms with E-state index in [0.29, 0.717) is 12.8 Å². The second-order valence-corrected chi connectivity index (χ2v) is 11.8. The van der Waals surface area contributed by atoms with Gasteiger partial charge in [0.2, 0.25) is 0 Å². The molecule has 0 aliphatic carbocycles. The molecule has 0 heterocycles. The third-order valence-corrected chi connectivity index (χ3v) is 6.74. The van der Waals surface area contributed by atoms with E-state index in [9.17, 15) is 19.2 Å². The van der Waals surface area contributed by atoms with Crippen molar-refractivity contribution in [1.82, 2.24) is 0 Å². The van der Waals surface area contributed by atoms with Gasteiger partial charge >= 0.3 is 23.9 Å². The first kappa shape index (κ1) is 36.4. The predicted molar refractivity (Wildman–Crippen MR) is 162 cm³/mol. The monoisotopic (exact) mass is 618 g/mol. The summed E-state index contributed by atoms with van der Waals surface area (Å²) in [5, 5.41) is 3.39. The van der Waals surface area contributed by atoms with Crippen LogP contribution in [0.25, 0.3) is 0 Å². The summed E-state index contributed by atoms with van der Waals surface area (Å²) in [5.41, 5.74) is 1.86. The number of hydrogen-bond acceptors (Lipinski definition) is 8. The highest BCUT2D eigenvalue weighted by Crippen LogP contribution is 2.33. The van der Waals surface area contributed by atoms with E-state index >= 15 is 0 Å². The van der Waals surface area contributed by atoms with Crippen molar-refractivity contribution in [2.24, 2.45) is 11.8 Å². The molecule has 0 spiro atoms. The van der Waals surface area contributed by atoms with Gasteiger partial charge in [0, 0.05) is 0 Å². The summed E-state index contributed by atoms with van der Waals surface area (Å²) in [6.07, 6.45) is 1.36. The summed E-state index contributed by atoms with van der Waals surface area (Å²) in [6.45, 7) is 4.88. The largest absolute Gasteiger partial charge is 0.418 e. The molecule has 0 aliphatic heterocycles. The molecule has 0 saturated heterocycles. The fraction of sp³-hybridized carbons (Fsp3) is 0.500. The minimum Gasteiger partial charge on any atom is -0.418 e. The van der Waals surface area contributed by atoms with Crippen LogP contribution in [0.1, 0.15) is 25.0 Å². The van der Waals surface area contributed by atoms with Gasteiger partial charge in [0.25, 0.3) is 0 Å². The van der Waals surface area contributed by atoms with E-state index in [1.807, 2.05) is 40.3 Å². The number of quaternary nitrogens is 4. The van der Waals surface area contributed by atoms with Gasteiger partial charge in [0.1, 0.15) is 0 Å². The quantitative estimate of drug-likeness (QED) is 0.109. The number of ether oxygens (including phenoxy) is 4. The number of likely N-dealkylation sites (N-methyl/N-ethyl adjacent to an activating group) is 4. The van der Waals surface area contributed by atoms with E-state index in [4.69, 9.17) is 18.9 Å². The Kier molecular flexibility index (Phi) is 14.9. The van der Waals surface area contributed by atoms with Gasteiger partial charge in [-0.15, -0.1) is 0 Å². The first-order chi connectivity index (χ1) is 20.8. The molecule has 2 aromatic carbocycles. The van der Waals surface area contributed by atoms with Crippen LogP contribution in [0, 0.1) is 11.8 Å². The number of nitrogens with one attached hydrogen (secondary N) is 2. The van der Waals surface area contributed by atoms with Gasteiger partial charge < -0.3 is 39.4 Å². The molecule has 6 N–H and O–H groups in total. The van der Waals surface area contributed by atoms with Gasteiger partial charge in [-0.25, -0.2) is 19.2 Å². The Balaban J connectivity index is 2.22. The summed E-state index contributed by atoms with van der Waals surface area (Å²) in [4.78, 5) is 51.0. The first-order valence-electron chi connectivity index (χ1n) is 15.0. The lowest BCUT2D eigenvalue weighted by Gasteiger charge is -2.21. The summed E-state index contributed by atoms with van der Waals surface area (Å²) < 4.78 is 22.1. The lowest BCUT2D eigenvalue weighted by Crippen LogP contribution is -3.06. The molecule has 2 atom stereocenters. The third kappa shape index (κ3) is 12.8. The highest BCUT2D eigenvalue weighted by molar-refractivity contribution is 5.78. The van der Waals surface area contributed by atoms with Crippen LogP contribution < -0.4 is 39.4 Å². The third-order valence-electron chi connectivity index (χ3n) is 6.74. The van der Waals surface area contributed by atoms with Crippen molar-refractivity contribution in [1.29, 1.82) is 0 Å². The Morgan fingerprint density at radius 3 is 1.30 bits per heavy atom. The number of esters is 4. The average molecular weight is 619 g/mol. The molecular formula is C32H50N4O8+4. The number of carbonyl (C=O) groups excluding carboxylic acids is 4. The second kappa shape index (κ2) is 18.1. The molecule has 2 rings (SSSR count).